The van der Waals surface area contributed by atoms with Gasteiger partial charge in [0.2, 0.25) is 0 Å². The summed E-state index contributed by atoms with van der Waals surface area (Å²) in [6.45, 7) is 1.63. The monoisotopic (exact) mass is 416 g/mol. The summed E-state index contributed by atoms with van der Waals surface area (Å²) in [4.78, 5) is 11.6. The molecule has 1 aromatic heterocycles. The largest absolute Gasteiger partial charge is 0.490 e. The number of rotatable bonds is 4. The summed E-state index contributed by atoms with van der Waals surface area (Å²) in [6.07, 6.45) is -1.29. The lowest BCUT2D eigenvalue weighted by Crippen LogP contribution is -2.34. The quantitative estimate of drug-likeness (QED) is 0.828. The molecule has 0 radical (unpaired) electrons. The van der Waals surface area contributed by atoms with E-state index < -0.39 is 32.0 Å². The molecule has 1 aromatic carbocycles. The number of benzene rings is 1. The van der Waals surface area contributed by atoms with E-state index in [4.69, 9.17) is 4.74 Å². The first kappa shape index (κ1) is 20.4. The molecule has 1 fully saturated rings. The molecule has 0 spiro atoms. The molecule has 1 N–H and O–H groups in total. The van der Waals surface area contributed by atoms with Crippen LogP contribution in [0.3, 0.4) is 0 Å². The van der Waals surface area contributed by atoms with Crippen LogP contribution < -0.4 is 15.6 Å². The summed E-state index contributed by atoms with van der Waals surface area (Å²) in [5.41, 5.74) is -1.97. The molecule has 3 rings (SSSR count). The predicted octanol–water partition coefficient (Wildman–Crippen LogP) is 2.39. The summed E-state index contributed by atoms with van der Waals surface area (Å²) < 4.78 is 70.1. The number of halogens is 3. The van der Waals surface area contributed by atoms with Crippen molar-refractivity contribution in [3.05, 3.63) is 52.4 Å². The molecule has 0 amide bonds. The molecule has 1 saturated heterocycles. The van der Waals surface area contributed by atoms with Gasteiger partial charge in [-0.25, -0.2) is 8.42 Å². The Morgan fingerprint density at radius 2 is 1.82 bits per heavy atom. The van der Waals surface area contributed by atoms with Crippen LogP contribution in [0.2, 0.25) is 0 Å². The molecular formula is C18H19F3N2O4S. The normalized spacial score (nSPS) is 16.1. The number of piperidine rings is 1. The fourth-order valence-corrected chi connectivity index (χ4v) is 3.96. The highest BCUT2D eigenvalue weighted by molar-refractivity contribution is 7.90. The average molecular weight is 416 g/mol. The zero-order valence-electron chi connectivity index (χ0n) is 15.0. The van der Waals surface area contributed by atoms with E-state index in [1.54, 1.807) is 0 Å². The Balaban J connectivity index is 1.96. The first-order valence-corrected chi connectivity index (χ1v) is 10.5. The topological polar surface area (TPSA) is 77.4 Å². The van der Waals surface area contributed by atoms with Gasteiger partial charge < -0.3 is 10.1 Å². The van der Waals surface area contributed by atoms with Crippen LogP contribution in [0, 0.1) is 0 Å². The molecular weight excluding hydrogens is 397 g/mol. The Hall–Kier alpha value is -2.33. The van der Waals surface area contributed by atoms with Gasteiger partial charge in [-0.05, 0) is 50.2 Å². The summed E-state index contributed by atoms with van der Waals surface area (Å²) in [6, 6.07) is 5.39. The van der Waals surface area contributed by atoms with Crippen molar-refractivity contribution in [2.75, 3.05) is 19.3 Å². The standard InChI is InChI=1S/C18H19F3N2O4S/c1-28(25,26)16-3-2-12(10-15(16)18(19,20)21)23-9-6-14(11-17(23)24)27-13-4-7-22-8-5-13/h2-3,6,9-11,13,22H,4-5,7-8H2,1H3. The number of sulfone groups is 1. The van der Waals surface area contributed by atoms with E-state index in [1.807, 2.05) is 0 Å². The molecule has 0 atom stereocenters. The average Bonchev–Trinajstić information content (AvgIpc) is 2.61. The Kier molecular flexibility index (Phi) is 5.53. The molecule has 0 saturated carbocycles. The number of pyridine rings is 1. The van der Waals surface area contributed by atoms with E-state index >= 15 is 0 Å². The van der Waals surface area contributed by atoms with Crippen LogP contribution in [0.5, 0.6) is 5.75 Å². The van der Waals surface area contributed by atoms with Crippen LogP contribution in [0.15, 0.2) is 46.2 Å². The highest BCUT2D eigenvalue weighted by atomic mass is 32.2. The summed E-state index contributed by atoms with van der Waals surface area (Å²) >= 11 is 0. The fourth-order valence-electron chi connectivity index (χ4n) is 3.07. The second-order valence-corrected chi connectivity index (χ2v) is 8.57. The number of ether oxygens (including phenoxy) is 1. The molecule has 10 heteroatoms. The van der Waals surface area contributed by atoms with Gasteiger partial charge in [0.05, 0.1) is 10.5 Å². The smallest absolute Gasteiger partial charge is 0.417 e. The number of alkyl halides is 3. The fraction of sp³-hybridized carbons (Fsp3) is 0.389. The van der Waals surface area contributed by atoms with Crippen molar-refractivity contribution >= 4 is 9.84 Å². The van der Waals surface area contributed by atoms with Crippen molar-refractivity contribution in [2.24, 2.45) is 0 Å². The first-order valence-electron chi connectivity index (χ1n) is 8.57. The van der Waals surface area contributed by atoms with Crippen LogP contribution in [-0.4, -0.2) is 38.4 Å². The number of aromatic nitrogens is 1. The van der Waals surface area contributed by atoms with Gasteiger partial charge in [0.1, 0.15) is 11.9 Å². The van der Waals surface area contributed by atoms with E-state index in [-0.39, 0.29) is 11.8 Å². The number of hydrogen-bond donors (Lipinski definition) is 1. The summed E-state index contributed by atoms with van der Waals surface area (Å²) in [7, 11) is -4.08. The van der Waals surface area contributed by atoms with Gasteiger partial charge >= 0.3 is 6.18 Å². The number of nitrogens with one attached hydrogen (secondary N) is 1. The molecule has 0 bridgehead atoms. The molecule has 0 unspecified atom stereocenters. The van der Waals surface area contributed by atoms with Crippen LogP contribution in [0.4, 0.5) is 13.2 Å². The summed E-state index contributed by atoms with van der Waals surface area (Å²) in [5.74, 6) is 0.344. The molecule has 152 valence electrons. The molecule has 1 aliphatic heterocycles. The van der Waals surface area contributed by atoms with Gasteiger partial charge in [-0.3, -0.25) is 9.36 Å². The lowest BCUT2D eigenvalue weighted by Gasteiger charge is -2.23. The third-order valence-corrected chi connectivity index (χ3v) is 5.58. The maximum absolute atomic E-state index is 13.3. The van der Waals surface area contributed by atoms with Gasteiger partial charge in [-0.1, -0.05) is 0 Å². The minimum atomic E-state index is -4.88. The lowest BCUT2D eigenvalue weighted by atomic mass is 10.1. The predicted molar refractivity (Wildman–Crippen MR) is 96.7 cm³/mol. The van der Waals surface area contributed by atoms with Gasteiger partial charge in [0.15, 0.2) is 9.84 Å². The van der Waals surface area contributed by atoms with Crippen LogP contribution in [0.25, 0.3) is 5.69 Å². The Morgan fingerprint density at radius 3 is 2.39 bits per heavy atom. The molecule has 28 heavy (non-hydrogen) atoms. The third-order valence-electron chi connectivity index (χ3n) is 4.43. The highest BCUT2D eigenvalue weighted by Crippen LogP contribution is 2.35. The van der Waals surface area contributed by atoms with E-state index in [1.165, 1.54) is 24.4 Å². The Bertz CT molecular complexity index is 1030. The van der Waals surface area contributed by atoms with Gasteiger partial charge in [-0.2, -0.15) is 13.2 Å². The molecule has 2 heterocycles. The number of hydrogen-bond acceptors (Lipinski definition) is 5. The van der Waals surface area contributed by atoms with Gasteiger partial charge in [0.25, 0.3) is 5.56 Å². The van der Waals surface area contributed by atoms with Crippen LogP contribution >= 0.6 is 0 Å². The van der Waals surface area contributed by atoms with Crippen molar-refractivity contribution in [3.63, 3.8) is 0 Å². The van der Waals surface area contributed by atoms with Crippen molar-refractivity contribution in [1.82, 2.24) is 9.88 Å². The van der Waals surface area contributed by atoms with E-state index in [2.05, 4.69) is 5.32 Å². The lowest BCUT2D eigenvalue weighted by molar-refractivity contribution is -0.139. The maximum Gasteiger partial charge on any atom is 0.417 e. The minimum absolute atomic E-state index is 0.0256. The minimum Gasteiger partial charge on any atom is -0.490 e. The molecule has 1 aliphatic rings. The SMILES string of the molecule is CS(=O)(=O)c1ccc(-n2ccc(OC3CCNCC3)cc2=O)cc1C(F)(F)F. The third kappa shape index (κ3) is 4.56. The summed E-state index contributed by atoms with van der Waals surface area (Å²) in [5, 5.41) is 3.19. The molecule has 0 aliphatic carbocycles. The highest BCUT2D eigenvalue weighted by Gasteiger charge is 2.36. The van der Waals surface area contributed by atoms with Crippen molar-refractivity contribution in [3.8, 4) is 11.4 Å². The Morgan fingerprint density at radius 1 is 1.14 bits per heavy atom. The first-order chi connectivity index (χ1) is 13.1. The van der Waals surface area contributed by atoms with Crippen molar-refractivity contribution < 1.29 is 26.3 Å². The van der Waals surface area contributed by atoms with Gasteiger partial charge in [0, 0.05) is 24.2 Å². The van der Waals surface area contributed by atoms with Crippen molar-refractivity contribution in [1.29, 1.82) is 0 Å². The second-order valence-electron chi connectivity index (χ2n) is 6.59. The van der Waals surface area contributed by atoms with E-state index in [9.17, 15) is 26.4 Å². The number of nitrogens with zero attached hydrogens (tertiary/aromatic N) is 1. The molecule has 6 nitrogen and oxygen atoms in total. The maximum atomic E-state index is 13.3. The second kappa shape index (κ2) is 7.59. The van der Waals surface area contributed by atoms with E-state index in [0.29, 0.717) is 18.1 Å². The van der Waals surface area contributed by atoms with Gasteiger partial charge in [-0.15, -0.1) is 0 Å². The van der Waals surface area contributed by atoms with Crippen LogP contribution in [0.1, 0.15) is 18.4 Å². The zero-order valence-corrected chi connectivity index (χ0v) is 15.8. The molecule has 2 aromatic rings. The van der Waals surface area contributed by atoms with Crippen molar-refractivity contribution in [2.45, 2.75) is 30.0 Å². The zero-order chi connectivity index (χ0) is 20.5. The van der Waals surface area contributed by atoms with E-state index in [0.717, 1.165) is 36.6 Å². The van der Waals surface area contributed by atoms with Crippen LogP contribution in [-0.2, 0) is 16.0 Å². The Labute approximate surface area is 159 Å².